The molecule has 18 nitrogen and oxygen atoms in total. The molecule has 10 heterocycles. The minimum absolute atomic E-state index is 0.0670. The molecule has 1 spiro atoms. The Labute approximate surface area is 442 Å². The SMILES string of the molecule is CC(C)n1cnc2cc(-c3ccc4c(c3)N(C3CC(N5CCCCC5)C3)C(=O)C43CCN(C(=O)C4(C)CCN(C(=O)C5CCN(c6ccc(N7CCC(=O)NC7=O)cn6)CC5)CC4)CC3)nc(Nc3ccncc3F)c21. The van der Waals surface area contributed by atoms with Crippen molar-refractivity contribution in [2.45, 2.75) is 121 Å². The second kappa shape index (κ2) is 19.8. The van der Waals surface area contributed by atoms with Gasteiger partial charge in [0.25, 0.3) is 0 Å². The molecule has 0 radical (unpaired) electrons. The van der Waals surface area contributed by atoms with Gasteiger partial charge < -0.3 is 34.4 Å². The first-order chi connectivity index (χ1) is 36.8. The molecular weight excluding hydrogens is 966 g/mol. The number of amides is 6. The monoisotopic (exact) mass is 1030 g/mol. The summed E-state index contributed by atoms with van der Waals surface area (Å²) in [7, 11) is 0. The van der Waals surface area contributed by atoms with Crippen LogP contribution in [0.3, 0.4) is 0 Å². The fourth-order valence-corrected chi connectivity index (χ4v) is 13.3. The summed E-state index contributed by atoms with van der Waals surface area (Å²) in [4.78, 5) is 98.7. The Hall–Kier alpha value is -7.02. The number of piperidine rings is 4. The maximum absolute atomic E-state index is 15.3. The van der Waals surface area contributed by atoms with Crippen LogP contribution in [0, 0.1) is 17.2 Å². The largest absolute Gasteiger partial charge is 0.357 e. The van der Waals surface area contributed by atoms with Crippen LogP contribution in [0.1, 0.15) is 109 Å². The number of imidazole rings is 1. The second-order valence-corrected chi connectivity index (χ2v) is 22.9. The molecule has 1 aromatic carbocycles. The molecule has 0 bridgehead atoms. The number of nitrogens with zero attached hydrogens (tertiary/aromatic N) is 11. The Kier molecular flexibility index (Phi) is 13.0. The van der Waals surface area contributed by atoms with E-state index in [-0.39, 0.29) is 53.7 Å². The molecule has 4 aromatic heterocycles. The fraction of sp³-hybridized carbons (Fsp3) is 0.526. The summed E-state index contributed by atoms with van der Waals surface area (Å²) in [5, 5.41) is 5.60. The zero-order valence-corrected chi connectivity index (χ0v) is 43.8. The van der Waals surface area contributed by atoms with E-state index in [9.17, 15) is 19.2 Å². The lowest BCUT2D eigenvalue weighted by atomic mass is 9.72. The summed E-state index contributed by atoms with van der Waals surface area (Å²) in [6.07, 6.45) is 15.6. The first kappa shape index (κ1) is 49.8. The van der Waals surface area contributed by atoms with Gasteiger partial charge in [-0.3, -0.25) is 34.4 Å². The van der Waals surface area contributed by atoms with Crippen molar-refractivity contribution < 1.29 is 28.4 Å². The van der Waals surface area contributed by atoms with E-state index in [0.717, 1.165) is 59.6 Å². The number of aromatic nitrogens is 5. The molecular formula is C57H68FN13O5. The predicted molar refractivity (Wildman–Crippen MR) is 287 cm³/mol. The second-order valence-electron chi connectivity index (χ2n) is 22.9. The molecule has 2 N–H and O–H groups in total. The number of imide groups is 1. The van der Waals surface area contributed by atoms with E-state index < -0.39 is 22.7 Å². The maximum atomic E-state index is 15.3. The van der Waals surface area contributed by atoms with E-state index in [4.69, 9.17) is 9.97 Å². The lowest BCUT2D eigenvalue weighted by Gasteiger charge is -2.48. The Bertz CT molecular complexity index is 3070. The lowest BCUT2D eigenvalue weighted by molar-refractivity contribution is -0.150. The van der Waals surface area contributed by atoms with E-state index in [1.807, 2.05) is 32.6 Å². The molecule has 7 aliphatic rings. The molecule has 76 heavy (non-hydrogen) atoms. The van der Waals surface area contributed by atoms with Gasteiger partial charge in [0, 0.05) is 99.1 Å². The summed E-state index contributed by atoms with van der Waals surface area (Å²) >= 11 is 0. The van der Waals surface area contributed by atoms with E-state index in [2.05, 4.69) is 74.3 Å². The van der Waals surface area contributed by atoms with E-state index in [0.29, 0.717) is 108 Å². The van der Waals surface area contributed by atoms with Crippen LogP contribution in [-0.4, -0.2) is 140 Å². The molecule has 6 amide bonds. The number of pyridine rings is 3. The van der Waals surface area contributed by atoms with Crippen LogP contribution >= 0.6 is 0 Å². The summed E-state index contributed by atoms with van der Waals surface area (Å²) in [6.45, 7) is 12.1. The third-order valence-corrected chi connectivity index (χ3v) is 18.1. The number of nitrogens with one attached hydrogen (secondary N) is 2. The average Bonchev–Trinajstić information content (AvgIpc) is 4.18. The van der Waals surface area contributed by atoms with Crippen molar-refractivity contribution in [3.8, 4) is 11.3 Å². The number of hydrogen-bond acceptors (Lipinski definition) is 12. The molecule has 5 aromatic rings. The van der Waals surface area contributed by atoms with Crippen molar-refractivity contribution >= 4 is 69.4 Å². The third kappa shape index (κ3) is 8.90. The van der Waals surface area contributed by atoms with Gasteiger partial charge in [0.15, 0.2) is 11.6 Å². The summed E-state index contributed by atoms with van der Waals surface area (Å²) < 4.78 is 17.1. The summed E-state index contributed by atoms with van der Waals surface area (Å²) in [5.41, 5.74) is 4.41. The molecule has 6 fully saturated rings. The highest BCUT2D eigenvalue weighted by atomic mass is 19.1. The van der Waals surface area contributed by atoms with Gasteiger partial charge in [0.2, 0.25) is 23.6 Å². The molecule has 12 rings (SSSR count). The van der Waals surface area contributed by atoms with Crippen molar-refractivity contribution in [3.05, 3.63) is 78.8 Å². The standard InChI is InChI=1S/C57H68FN13O5/c1-36(2)70-35-61-46-32-45(63-51(50(46)70)62-44-11-19-59-34-43(44)58)38-7-9-42-47(29-38)71(41-30-40(31-41)65-20-5-4-6-21-65)54(75)57(42)17-27-68(28-18-57)53(74)56(3)15-25-67(26-16-56)52(73)37-12-22-66(23-13-37)48-10-8-39(33-60-48)69-24-14-49(72)64-55(69)76/h7-11,19,29,32-37,40-41H,4-6,12-18,20-28,30-31H2,1-3H3,(H,59,62,63)(H,64,72,76). The zero-order valence-electron chi connectivity index (χ0n) is 43.8. The molecule has 5 saturated heterocycles. The highest BCUT2D eigenvalue weighted by Crippen LogP contribution is 2.53. The number of carbonyl (C=O) groups excluding carboxylic acids is 5. The van der Waals surface area contributed by atoms with Crippen LogP contribution in [0.15, 0.2) is 67.4 Å². The van der Waals surface area contributed by atoms with Gasteiger partial charge in [-0.2, -0.15) is 0 Å². The zero-order chi connectivity index (χ0) is 52.5. The van der Waals surface area contributed by atoms with Crippen molar-refractivity contribution in [1.82, 2.24) is 44.5 Å². The topological polar surface area (TPSA) is 185 Å². The number of benzene rings is 1. The molecule has 0 atom stereocenters. The van der Waals surface area contributed by atoms with Crippen LogP contribution in [-0.2, 0) is 24.6 Å². The van der Waals surface area contributed by atoms with Gasteiger partial charge >= 0.3 is 6.03 Å². The van der Waals surface area contributed by atoms with E-state index in [1.165, 1.54) is 30.4 Å². The minimum Gasteiger partial charge on any atom is -0.357 e. The number of hydrogen-bond donors (Lipinski definition) is 2. The van der Waals surface area contributed by atoms with Crippen molar-refractivity contribution in [1.29, 1.82) is 0 Å². The number of likely N-dealkylation sites (tertiary alicyclic amines) is 3. The Morgan fingerprint density at radius 1 is 0.816 bits per heavy atom. The summed E-state index contributed by atoms with van der Waals surface area (Å²) in [5.74, 6) is 0.776. The van der Waals surface area contributed by atoms with Gasteiger partial charge in [-0.25, -0.2) is 24.1 Å². The Balaban J connectivity index is 0.722. The van der Waals surface area contributed by atoms with E-state index in [1.54, 1.807) is 24.8 Å². The Morgan fingerprint density at radius 2 is 1.57 bits per heavy atom. The predicted octanol–water partition coefficient (Wildman–Crippen LogP) is 7.57. The number of halogens is 1. The molecule has 6 aliphatic heterocycles. The van der Waals surface area contributed by atoms with Crippen LogP contribution in [0.4, 0.5) is 37.9 Å². The van der Waals surface area contributed by atoms with Crippen LogP contribution < -0.4 is 25.3 Å². The fourth-order valence-electron chi connectivity index (χ4n) is 13.3. The normalized spacial score (nSPS) is 23.1. The first-order valence-corrected chi connectivity index (χ1v) is 27.6. The number of urea groups is 1. The van der Waals surface area contributed by atoms with Gasteiger partial charge in [0.1, 0.15) is 11.3 Å². The summed E-state index contributed by atoms with van der Waals surface area (Å²) in [6, 6.07) is 13.7. The number of anilines is 5. The maximum Gasteiger partial charge on any atom is 0.328 e. The van der Waals surface area contributed by atoms with E-state index >= 15 is 9.18 Å². The molecule has 0 unspecified atom stereocenters. The minimum atomic E-state index is -0.764. The molecule has 1 aliphatic carbocycles. The third-order valence-electron chi connectivity index (χ3n) is 18.1. The number of carbonyl (C=O) groups is 5. The van der Waals surface area contributed by atoms with Gasteiger partial charge in [-0.15, -0.1) is 0 Å². The number of rotatable bonds is 10. The lowest BCUT2D eigenvalue weighted by Crippen LogP contribution is -2.59. The highest BCUT2D eigenvalue weighted by Gasteiger charge is 2.56. The average molecular weight is 1030 g/mol. The Morgan fingerprint density at radius 3 is 2.26 bits per heavy atom. The number of fused-ring (bicyclic) bond motifs is 3. The first-order valence-electron chi connectivity index (χ1n) is 27.6. The van der Waals surface area contributed by atoms with Crippen molar-refractivity contribution in [2.24, 2.45) is 11.3 Å². The van der Waals surface area contributed by atoms with Gasteiger partial charge in [0.05, 0.1) is 46.7 Å². The molecule has 1 saturated carbocycles. The quantitative estimate of drug-likeness (QED) is 0.140. The van der Waals surface area contributed by atoms with Crippen molar-refractivity contribution in [3.63, 3.8) is 0 Å². The molecule has 19 heteroatoms. The van der Waals surface area contributed by atoms with Crippen LogP contribution in [0.5, 0.6) is 0 Å². The molecule has 398 valence electrons. The van der Waals surface area contributed by atoms with Gasteiger partial charge in [-0.05, 0) is 127 Å². The highest BCUT2D eigenvalue weighted by molar-refractivity contribution is 6.10. The van der Waals surface area contributed by atoms with Crippen molar-refractivity contribution in [2.75, 3.05) is 78.9 Å². The van der Waals surface area contributed by atoms with Crippen LogP contribution in [0.2, 0.25) is 0 Å². The van der Waals surface area contributed by atoms with Gasteiger partial charge in [-0.1, -0.05) is 25.5 Å². The smallest absolute Gasteiger partial charge is 0.328 e. The van der Waals surface area contributed by atoms with Crippen LogP contribution in [0.25, 0.3) is 22.3 Å².